The first kappa shape index (κ1) is 19.2. The molecule has 0 atom stereocenters. The summed E-state index contributed by atoms with van der Waals surface area (Å²) in [5.41, 5.74) is 2.83. The highest BCUT2D eigenvalue weighted by Crippen LogP contribution is 2.31. The number of rotatable bonds is 6. The molecule has 1 aliphatic heterocycles. The Labute approximate surface area is 161 Å². The highest BCUT2D eigenvalue weighted by Gasteiger charge is 2.30. The van der Waals surface area contributed by atoms with E-state index in [1.54, 1.807) is 14.2 Å². The van der Waals surface area contributed by atoms with Crippen molar-refractivity contribution >= 4 is 5.91 Å². The fourth-order valence-electron chi connectivity index (χ4n) is 3.58. The van der Waals surface area contributed by atoms with E-state index in [2.05, 4.69) is 36.5 Å². The third-order valence-corrected chi connectivity index (χ3v) is 5.13. The van der Waals surface area contributed by atoms with Gasteiger partial charge >= 0.3 is 0 Å². The van der Waals surface area contributed by atoms with Crippen LogP contribution in [0.25, 0.3) is 0 Å². The Hall–Kier alpha value is -2.53. The number of amides is 1. The zero-order valence-corrected chi connectivity index (χ0v) is 16.3. The first-order valence-corrected chi connectivity index (χ1v) is 9.42. The summed E-state index contributed by atoms with van der Waals surface area (Å²) in [7, 11) is 3.17. The number of hydrogen-bond acceptors (Lipinski definition) is 4. The standard InChI is InChI=1S/C22H28N2O3/c1-16-7-9-17(10-8-16)15-24(18-11-13-23-14-12-18)22(25)21-19(26-2)5-4-6-20(21)27-3/h4-10,18,23H,11-15H2,1-3H3. The molecular weight excluding hydrogens is 340 g/mol. The molecule has 1 N–H and O–H groups in total. The number of aryl methyl sites for hydroxylation is 1. The average molecular weight is 368 g/mol. The first-order valence-electron chi connectivity index (χ1n) is 9.42. The molecule has 0 aromatic heterocycles. The lowest BCUT2D eigenvalue weighted by Crippen LogP contribution is -2.45. The summed E-state index contributed by atoms with van der Waals surface area (Å²) in [5.74, 6) is 1.04. The van der Waals surface area contributed by atoms with Crippen molar-refractivity contribution in [2.75, 3.05) is 27.3 Å². The van der Waals surface area contributed by atoms with Crippen LogP contribution >= 0.6 is 0 Å². The third kappa shape index (κ3) is 4.42. The van der Waals surface area contributed by atoms with E-state index in [4.69, 9.17) is 9.47 Å². The predicted molar refractivity (Wildman–Crippen MR) is 106 cm³/mol. The summed E-state index contributed by atoms with van der Waals surface area (Å²) in [5, 5.41) is 3.38. The number of carbonyl (C=O) groups is 1. The largest absolute Gasteiger partial charge is 0.496 e. The molecule has 1 heterocycles. The van der Waals surface area contributed by atoms with Crippen LogP contribution < -0.4 is 14.8 Å². The molecule has 27 heavy (non-hydrogen) atoms. The molecule has 144 valence electrons. The van der Waals surface area contributed by atoms with Crippen LogP contribution in [0, 0.1) is 6.92 Å². The highest BCUT2D eigenvalue weighted by molar-refractivity contribution is 6.00. The van der Waals surface area contributed by atoms with Gasteiger partial charge in [-0.3, -0.25) is 4.79 Å². The molecule has 1 amide bonds. The van der Waals surface area contributed by atoms with Crippen molar-refractivity contribution in [1.29, 1.82) is 0 Å². The number of benzene rings is 2. The van der Waals surface area contributed by atoms with Crippen LogP contribution in [0.3, 0.4) is 0 Å². The van der Waals surface area contributed by atoms with Gasteiger partial charge in [-0.1, -0.05) is 35.9 Å². The Balaban J connectivity index is 1.96. The number of ether oxygens (including phenoxy) is 2. The molecule has 2 aromatic carbocycles. The second-order valence-corrected chi connectivity index (χ2v) is 6.94. The Morgan fingerprint density at radius 1 is 1.04 bits per heavy atom. The zero-order chi connectivity index (χ0) is 19.2. The van der Waals surface area contributed by atoms with E-state index < -0.39 is 0 Å². The minimum Gasteiger partial charge on any atom is -0.496 e. The molecule has 1 fully saturated rings. The van der Waals surface area contributed by atoms with Gasteiger partial charge in [-0.25, -0.2) is 0 Å². The van der Waals surface area contributed by atoms with Crippen molar-refractivity contribution in [2.45, 2.75) is 32.4 Å². The number of nitrogens with one attached hydrogen (secondary N) is 1. The van der Waals surface area contributed by atoms with Crippen LogP contribution in [0.15, 0.2) is 42.5 Å². The summed E-state index contributed by atoms with van der Waals surface area (Å²) in [6.45, 7) is 4.49. The predicted octanol–water partition coefficient (Wildman–Crippen LogP) is 3.41. The fraction of sp³-hybridized carbons (Fsp3) is 0.409. The maximum Gasteiger partial charge on any atom is 0.261 e. The SMILES string of the molecule is COc1cccc(OC)c1C(=O)N(Cc1ccc(C)cc1)C1CCNCC1. The van der Waals surface area contributed by atoms with Gasteiger partial charge in [-0.15, -0.1) is 0 Å². The summed E-state index contributed by atoms with van der Waals surface area (Å²) < 4.78 is 10.9. The molecule has 1 aliphatic rings. The lowest BCUT2D eigenvalue weighted by atomic mass is 10.0. The van der Waals surface area contributed by atoms with Gasteiger partial charge in [0, 0.05) is 12.6 Å². The van der Waals surface area contributed by atoms with Crippen LogP contribution in [-0.2, 0) is 6.54 Å². The summed E-state index contributed by atoms with van der Waals surface area (Å²) in [6.07, 6.45) is 1.88. The van der Waals surface area contributed by atoms with Crippen LogP contribution in [0.1, 0.15) is 34.3 Å². The van der Waals surface area contributed by atoms with Gasteiger partial charge in [-0.2, -0.15) is 0 Å². The van der Waals surface area contributed by atoms with Gasteiger partial charge < -0.3 is 19.7 Å². The van der Waals surface area contributed by atoms with Gasteiger partial charge in [0.05, 0.1) is 14.2 Å². The van der Waals surface area contributed by atoms with Crippen molar-refractivity contribution < 1.29 is 14.3 Å². The molecule has 5 nitrogen and oxygen atoms in total. The van der Waals surface area contributed by atoms with E-state index >= 15 is 0 Å². The van der Waals surface area contributed by atoms with E-state index in [1.807, 2.05) is 23.1 Å². The molecule has 0 unspecified atom stereocenters. The van der Waals surface area contributed by atoms with E-state index in [9.17, 15) is 4.79 Å². The van der Waals surface area contributed by atoms with Gasteiger partial charge in [0.25, 0.3) is 5.91 Å². The number of piperidine rings is 1. The van der Waals surface area contributed by atoms with E-state index in [1.165, 1.54) is 5.56 Å². The van der Waals surface area contributed by atoms with Gasteiger partial charge in [0.15, 0.2) is 0 Å². The summed E-state index contributed by atoms with van der Waals surface area (Å²) >= 11 is 0. The molecular formula is C22H28N2O3. The Kier molecular flexibility index (Phi) is 6.35. The third-order valence-electron chi connectivity index (χ3n) is 5.13. The van der Waals surface area contributed by atoms with Crippen molar-refractivity contribution in [3.63, 3.8) is 0 Å². The Morgan fingerprint density at radius 2 is 1.63 bits per heavy atom. The second kappa shape index (κ2) is 8.91. The van der Waals surface area contributed by atoms with E-state index in [0.29, 0.717) is 23.6 Å². The van der Waals surface area contributed by atoms with E-state index in [0.717, 1.165) is 31.5 Å². The minimum atomic E-state index is -0.0447. The lowest BCUT2D eigenvalue weighted by molar-refractivity contribution is 0.0616. The zero-order valence-electron chi connectivity index (χ0n) is 16.3. The molecule has 1 saturated heterocycles. The van der Waals surface area contributed by atoms with Gasteiger partial charge in [-0.05, 0) is 50.6 Å². The number of hydrogen-bond donors (Lipinski definition) is 1. The molecule has 3 rings (SSSR count). The van der Waals surface area contributed by atoms with Crippen LogP contribution in [-0.4, -0.2) is 44.2 Å². The second-order valence-electron chi connectivity index (χ2n) is 6.94. The van der Waals surface area contributed by atoms with Crippen molar-refractivity contribution in [1.82, 2.24) is 10.2 Å². The quantitative estimate of drug-likeness (QED) is 0.849. The van der Waals surface area contributed by atoms with Crippen molar-refractivity contribution in [2.24, 2.45) is 0 Å². The molecule has 0 aliphatic carbocycles. The molecule has 0 saturated carbocycles. The normalized spacial score (nSPS) is 14.6. The minimum absolute atomic E-state index is 0.0447. The smallest absolute Gasteiger partial charge is 0.261 e. The van der Waals surface area contributed by atoms with Crippen LogP contribution in [0.5, 0.6) is 11.5 Å². The maximum absolute atomic E-state index is 13.6. The molecule has 2 aromatic rings. The fourth-order valence-corrected chi connectivity index (χ4v) is 3.58. The molecule has 0 spiro atoms. The number of nitrogens with zero attached hydrogens (tertiary/aromatic N) is 1. The highest BCUT2D eigenvalue weighted by atomic mass is 16.5. The maximum atomic E-state index is 13.6. The number of carbonyl (C=O) groups excluding carboxylic acids is 1. The van der Waals surface area contributed by atoms with Crippen LogP contribution in [0.2, 0.25) is 0 Å². The van der Waals surface area contributed by atoms with Crippen LogP contribution in [0.4, 0.5) is 0 Å². The van der Waals surface area contributed by atoms with Gasteiger partial charge in [0.1, 0.15) is 17.1 Å². The monoisotopic (exact) mass is 368 g/mol. The summed E-state index contributed by atoms with van der Waals surface area (Å²) in [6, 6.07) is 14.0. The summed E-state index contributed by atoms with van der Waals surface area (Å²) in [4.78, 5) is 15.6. The Morgan fingerprint density at radius 3 is 2.19 bits per heavy atom. The molecule has 0 radical (unpaired) electrons. The first-order chi connectivity index (χ1) is 13.1. The van der Waals surface area contributed by atoms with Crippen molar-refractivity contribution in [3.8, 4) is 11.5 Å². The van der Waals surface area contributed by atoms with Crippen molar-refractivity contribution in [3.05, 3.63) is 59.2 Å². The Bertz CT molecular complexity index is 745. The van der Waals surface area contributed by atoms with E-state index in [-0.39, 0.29) is 11.9 Å². The lowest BCUT2D eigenvalue weighted by Gasteiger charge is -2.35. The topological polar surface area (TPSA) is 50.8 Å². The molecule has 0 bridgehead atoms. The average Bonchev–Trinajstić information content (AvgIpc) is 2.72. The van der Waals surface area contributed by atoms with Gasteiger partial charge in [0.2, 0.25) is 0 Å². The number of methoxy groups -OCH3 is 2. The molecule has 5 heteroatoms.